The Morgan fingerprint density at radius 2 is 1.42 bits per heavy atom. The summed E-state index contributed by atoms with van der Waals surface area (Å²) >= 11 is 0. The van der Waals surface area contributed by atoms with E-state index in [2.05, 4.69) is 83.5 Å². The van der Waals surface area contributed by atoms with Gasteiger partial charge in [0.1, 0.15) is 0 Å². The lowest BCUT2D eigenvalue weighted by atomic mass is 10.0. The highest BCUT2D eigenvalue weighted by molar-refractivity contribution is 5.17. The van der Waals surface area contributed by atoms with Crippen molar-refractivity contribution in [2.75, 3.05) is 26.7 Å². The Morgan fingerprint density at radius 3 is 2.04 bits per heavy atom. The fourth-order valence-electron chi connectivity index (χ4n) is 2.90. The molecule has 0 amide bonds. The van der Waals surface area contributed by atoms with Crippen LogP contribution in [0.1, 0.15) is 18.1 Å². The molecule has 0 aromatic heterocycles. The minimum Gasteiger partial charge on any atom is -0.318 e. The Morgan fingerprint density at radius 1 is 0.792 bits per heavy atom. The SMILES string of the molecule is CNCC(C)NCC(Cc1ccccc1)NCCc1ccccc1. The number of hydrogen-bond acceptors (Lipinski definition) is 3. The molecule has 2 aromatic carbocycles. The van der Waals surface area contributed by atoms with E-state index in [0.717, 1.165) is 32.5 Å². The molecule has 0 spiro atoms. The van der Waals surface area contributed by atoms with Crippen LogP contribution in [0.2, 0.25) is 0 Å². The summed E-state index contributed by atoms with van der Waals surface area (Å²) < 4.78 is 0. The lowest BCUT2D eigenvalue weighted by Crippen LogP contribution is -2.45. The zero-order chi connectivity index (χ0) is 17.0. The van der Waals surface area contributed by atoms with E-state index in [1.165, 1.54) is 11.1 Å². The molecule has 0 heterocycles. The van der Waals surface area contributed by atoms with Crippen molar-refractivity contribution in [3.8, 4) is 0 Å². The third kappa shape index (κ3) is 7.26. The first-order valence-electron chi connectivity index (χ1n) is 8.97. The van der Waals surface area contributed by atoms with Gasteiger partial charge in [-0.3, -0.25) is 0 Å². The summed E-state index contributed by atoms with van der Waals surface area (Å²) in [6.45, 7) is 5.19. The fourth-order valence-corrected chi connectivity index (χ4v) is 2.90. The lowest BCUT2D eigenvalue weighted by molar-refractivity contribution is 0.433. The van der Waals surface area contributed by atoms with E-state index in [1.807, 2.05) is 7.05 Å². The maximum Gasteiger partial charge on any atom is 0.0233 e. The van der Waals surface area contributed by atoms with Crippen LogP contribution in [0, 0.1) is 0 Å². The highest BCUT2D eigenvalue weighted by atomic mass is 15.0. The normalized spacial score (nSPS) is 13.6. The third-order valence-electron chi connectivity index (χ3n) is 4.24. The van der Waals surface area contributed by atoms with Crippen molar-refractivity contribution in [1.82, 2.24) is 16.0 Å². The van der Waals surface area contributed by atoms with E-state index in [9.17, 15) is 0 Å². The first-order chi connectivity index (χ1) is 11.8. The Hall–Kier alpha value is -1.68. The Bertz CT molecular complexity index is 542. The Balaban J connectivity index is 1.84. The zero-order valence-corrected chi connectivity index (χ0v) is 15.0. The molecular weight excluding hydrogens is 294 g/mol. The smallest absolute Gasteiger partial charge is 0.0233 e. The van der Waals surface area contributed by atoms with Gasteiger partial charge in [0.05, 0.1) is 0 Å². The third-order valence-corrected chi connectivity index (χ3v) is 4.24. The maximum absolute atomic E-state index is 3.73. The van der Waals surface area contributed by atoms with Gasteiger partial charge in [-0.25, -0.2) is 0 Å². The van der Waals surface area contributed by atoms with E-state index in [-0.39, 0.29) is 0 Å². The van der Waals surface area contributed by atoms with Crippen LogP contribution in [-0.2, 0) is 12.8 Å². The lowest BCUT2D eigenvalue weighted by Gasteiger charge is -2.22. The van der Waals surface area contributed by atoms with Crippen LogP contribution in [0.4, 0.5) is 0 Å². The molecule has 0 radical (unpaired) electrons. The van der Waals surface area contributed by atoms with Crippen molar-refractivity contribution >= 4 is 0 Å². The average molecular weight is 326 g/mol. The van der Waals surface area contributed by atoms with Crippen molar-refractivity contribution in [3.63, 3.8) is 0 Å². The molecular formula is C21H31N3. The van der Waals surface area contributed by atoms with Crippen molar-refractivity contribution in [2.45, 2.75) is 31.8 Å². The molecule has 3 heteroatoms. The van der Waals surface area contributed by atoms with Gasteiger partial charge in [-0.2, -0.15) is 0 Å². The van der Waals surface area contributed by atoms with Crippen LogP contribution in [-0.4, -0.2) is 38.8 Å². The first kappa shape index (κ1) is 18.7. The molecule has 0 saturated carbocycles. The van der Waals surface area contributed by atoms with Gasteiger partial charge >= 0.3 is 0 Å². The molecule has 2 atom stereocenters. The topological polar surface area (TPSA) is 36.1 Å². The van der Waals surface area contributed by atoms with E-state index in [1.54, 1.807) is 0 Å². The van der Waals surface area contributed by atoms with E-state index in [0.29, 0.717) is 12.1 Å². The molecule has 2 rings (SSSR count). The largest absolute Gasteiger partial charge is 0.318 e. The second-order valence-electron chi connectivity index (χ2n) is 6.44. The van der Waals surface area contributed by atoms with Crippen LogP contribution in [0.3, 0.4) is 0 Å². The summed E-state index contributed by atoms with van der Waals surface area (Å²) in [6, 6.07) is 22.3. The molecule has 0 fully saturated rings. The van der Waals surface area contributed by atoms with Crippen molar-refractivity contribution in [1.29, 1.82) is 0 Å². The van der Waals surface area contributed by atoms with Gasteiger partial charge in [0.25, 0.3) is 0 Å². The van der Waals surface area contributed by atoms with Gasteiger partial charge < -0.3 is 16.0 Å². The molecule has 3 nitrogen and oxygen atoms in total. The monoisotopic (exact) mass is 325 g/mol. The van der Waals surface area contributed by atoms with Crippen molar-refractivity contribution < 1.29 is 0 Å². The summed E-state index contributed by atoms with van der Waals surface area (Å²) in [5.74, 6) is 0. The van der Waals surface area contributed by atoms with Crippen LogP contribution in [0.25, 0.3) is 0 Å². The van der Waals surface area contributed by atoms with E-state index >= 15 is 0 Å². The Kier molecular flexibility index (Phi) is 8.53. The second-order valence-corrected chi connectivity index (χ2v) is 6.44. The predicted molar refractivity (Wildman–Crippen MR) is 103 cm³/mol. The minimum absolute atomic E-state index is 0.440. The van der Waals surface area contributed by atoms with Gasteiger partial charge in [0.15, 0.2) is 0 Å². The number of likely N-dealkylation sites (N-methyl/N-ethyl adjacent to an activating group) is 1. The average Bonchev–Trinajstić information content (AvgIpc) is 2.61. The van der Waals surface area contributed by atoms with Gasteiger partial charge in [-0.15, -0.1) is 0 Å². The first-order valence-corrected chi connectivity index (χ1v) is 8.97. The molecule has 0 aliphatic rings. The maximum atomic E-state index is 3.73. The summed E-state index contributed by atoms with van der Waals surface area (Å²) in [4.78, 5) is 0. The molecule has 0 bridgehead atoms. The molecule has 2 unspecified atom stereocenters. The molecule has 0 aliphatic heterocycles. The predicted octanol–water partition coefficient (Wildman–Crippen LogP) is 2.63. The Labute approximate surface area is 146 Å². The van der Waals surface area contributed by atoms with Crippen LogP contribution < -0.4 is 16.0 Å². The molecule has 2 aromatic rings. The molecule has 0 aliphatic carbocycles. The van der Waals surface area contributed by atoms with Crippen LogP contribution >= 0.6 is 0 Å². The highest BCUT2D eigenvalue weighted by Crippen LogP contribution is 2.04. The van der Waals surface area contributed by atoms with E-state index in [4.69, 9.17) is 0 Å². The second kappa shape index (κ2) is 11.0. The highest BCUT2D eigenvalue weighted by Gasteiger charge is 2.10. The number of hydrogen-bond donors (Lipinski definition) is 3. The minimum atomic E-state index is 0.440. The fraction of sp³-hybridized carbons (Fsp3) is 0.429. The summed E-state index contributed by atoms with van der Waals surface area (Å²) in [5.41, 5.74) is 2.78. The molecule has 24 heavy (non-hydrogen) atoms. The molecule has 3 N–H and O–H groups in total. The molecule has 0 saturated heterocycles. The number of rotatable bonds is 11. The molecule has 130 valence electrons. The number of nitrogens with one attached hydrogen (secondary N) is 3. The standard InChI is InChI=1S/C21H31N3/c1-18(16-22-2)24-17-21(15-20-11-7-4-8-12-20)23-14-13-19-9-5-3-6-10-19/h3-12,18,21-24H,13-17H2,1-2H3. The van der Waals surface area contributed by atoms with Gasteiger partial charge in [-0.1, -0.05) is 60.7 Å². The summed E-state index contributed by atoms with van der Waals surface area (Å²) in [7, 11) is 2.00. The van der Waals surface area contributed by atoms with Crippen molar-refractivity contribution in [2.24, 2.45) is 0 Å². The van der Waals surface area contributed by atoms with Crippen molar-refractivity contribution in [3.05, 3.63) is 71.8 Å². The van der Waals surface area contributed by atoms with Gasteiger partial charge in [0, 0.05) is 25.2 Å². The van der Waals surface area contributed by atoms with Gasteiger partial charge in [0.2, 0.25) is 0 Å². The summed E-state index contributed by atoms with van der Waals surface area (Å²) in [5, 5.41) is 10.6. The van der Waals surface area contributed by atoms with Crippen LogP contribution in [0.15, 0.2) is 60.7 Å². The zero-order valence-electron chi connectivity index (χ0n) is 15.0. The van der Waals surface area contributed by atoms with Gasteiger partial charge in [-0.05, 0) is 44.5 Å². The number of benzene rings is 2. The van der Waals surface area contributed by atoms with E-state index < -0.39 is 0 Å². The quantitative estimate of drug-likeness (QED) is 0.594. The van der Waals surface area contributed by atoms with Crippen LogP contribution in [0.5, 0.6) is 0 Å². The summed E-state index contributed by atoms with van der Waals surface area (Å²) in [6.07, 6.45) is 2.12.